The Labute approximate surface area is 115 Å². The van der Waals surface area contributed by atoms with Crippen molar-refractivity contribution in [1.82, 2.24) is 0 Å². The fraction of sp³-hybridized carbons (Fsp3) is 0.538. The van der Waals surface area contributed by atoms with E-state index in [4.69, 9.17) is 19.3 Å². The summed E-state index contributed by atoms with van der Waals surface area (Å²) in [5, 5.41) is 9.14. The van der Waals surface area contributed by atoms with Crippen molar-refractivity contribution in [2.24, 2.45) is 5.92 Å². The molecule has 1 unspecified atom stereocenters. The summed E-state index contributed by atoms with van der Waals surface area (Å²) in [6.45, 7) is 2.17. The van der Waals surface area contributed by atoms with Gasteiger partial charge in [-0.2, -0.15) is 0 Å². The van der Waals surface area contributed by atoms with Crippen LogP contribution in [0.4, 0.5) is 0 Å². The number of hydrogen-bond acceptors (Lipinski definition) is 4. The highest BCUT2D eigenvalue weighted by molar-refractivity contribution is 9.10. The minimum Gasteiger partial charge on any atom is -0.493 e. The normalized spacial score (nSPS) is 18.9. The molecule has 0 saturated carbocycles. The van der Waals surface area contributed by atoms with Crippen LogP contribution in [0.5, 0.6) is 11.5 Å². The Morgan fingerprint density at radius 1 is 1.50 bits per heavy atom. The maximum absolute atomic E-state index is 9.14. The number of rotatable bonds is 5. The van der Waals surface area contributed by atoms with Gasteiger partial charge < -0.3 is 19.3 Å². The highest BCUT2D eigenvalue weighted by Crippen LogP contribution is 2.37. The molecule has 0 bridgehead atoms. The molecule has 2 rings (SSSR count). The lowest BCUT2D eigenvalue weighted by Crippen LogP contribution is -2.12. The topological polar surface area (TPSA) is 47.9 Å². The second-order valence-electron chi connectivity index (χ2n) is 4.31. The summed E-state index contributed by atoms with van der Waals surface area (Å²) in [6.07, 6.45) is 1.04. The smallest absolute Gasteiger partial charge is 0.175 e. The monoisotopic (exact) mass is 316 g/mol. The molecule has 1 saturated heterocycles. The van der Waals surface area contributed by atoms with Crippen molar-refractivity contribution in [2.75, 3.05) is 26.9 Å². The maximum atomic E-state index is 9.14. The molecule has 1 atom stereocenters. The SMILES string of the molecule is COc1cc(CO)cc(Br)c1OCC1CCOC1. The third kappa shape index (κ3) is 3.16. The quantitative estimate of drug-likeness (QED) is 0.906. The van der Waals surface area contributed by atoms with E-state index in [-0.39, 0.29) is 6.61 Å². The van der Waals surface area contributed by atoms with E-state index in [0.717, 1.165) is 29.7 Å². The number of aliphatic hydroxyl groups excluding tert-OH is 1. The molecule has 18 heavy (non-hydrogen) atoms. The second-order valence-corrected chi connectivity index (χ2v) is 5.16. The van der Waals surface area contributed by atoms with Crippen LogP contribution in [0.3, 0.4) is 0 Å². The standard InChI is InChI=1S/C13H17BrO4/c1-16-12-5-10(6-15)4-11(14)13(12)18-8-9-2-3-17-7-9/h4-5,9,15H,2-3,6-8H2,1H3. The third-order valence-corrected chi connectivity index (χ3v) is 3.55. The predicted molar refractivity (Wildman–Crippen MR) is 71.0 cm³/mol. The fourth-order valence-electron chi connectivity index (χ4n) is 1.92. The molecule has 1 fully saturated rings. The van der Waals surface area contributed by atoms with Crippen LogP contribution in [0.2, 0.25) is 0 Å². The highest BCUT2D eigenvalue weighted by Gasteiger charge is 2.18. The van der Waals surface area contributed by atoms with E-state index >= 15 is 0 Å². The summed E-state index contributed by atoms with van der Waals surface area (Å²) in [7, 11) is 1.59. The third-order valence-electron chi connectivity index (χ3n) is 2.96. The number of aliphatic hydroxyl groups is 1. The van der Waals surface area contributed by atoms with Crippen LogP contribution in [0.15, 0.2) is 16.6 Å². The molecule has 1 aliphatic heterocycles. The van der Waals surface area contributed by atoms with Gasteiger partial charge in [0.1, 0.15) is 0 Å². The zero-order valence-corrected chi connectivity index (χ0v) is 11.9. The van der Waals surface area contributed by atoms with Crippen LogP contribution in [-0.4, -0.2) is 32.0 Å². The van der Waals surface area contributed by atoms with E-state index < -0.39 is 0 Å². The van der Waals surface area contributed by atoms with Crippen molar-refractivity contribution in [3.63, 3.8) is 0 Å². The Hall–Kier alpha value is -0.780. The van der Waals surface area contributed by atoms with Gasteiger partial charge in [0.15, 0.2) is 11.5 Å². The first-order chi connectivity index (χ1) is 8.74. The first-order valence-electron chi connectivity index (χ1n) is 5.92. The van der Waals surface area contributed by atoms with Gasteiger partial charge in [0.05, 0.1) is 31.4 Å². The zero-order chi connectivity index (χ0) is 13.0. The molecule has 1 N–H and O–H groups in total. The summed E-state index contributed by atoms with van der Waals surface area (Å²) < 4.78 is 17.2. The van der Waals surface area contributed by atoms with Gasteiger partial charge in [0.2, 0.25) is 0 Å². The van der Waals surface area contributed by atoms with E-state index in [2.05, 4.69) is 15.9 Å². The lowest BCUT2D eigenvalue weighted by atomic mass is 10.1. The van der Waals surface area contributed by atoms with Gasteiger partial charge in [-0.15, -0.1) is 0 Å². The van der Waals surface area contributed by atoms with Crippen LogP contribution in [0.1, 0.15) is 12.0 Å². The average Bonchev–Trinajstić information content (AvgIpc) is 2.89. The fourth-order valence-corrected chi connectivity index (χ4v) is 2.52. The minimum atomic E-state index is -0.0221. The van der Waals surface area contributed by atoms with Crippen molar-refractivity contribution in [3.05, 3.63) is 22.2 Å². The van der Waals surface area contributed by atoms with Crippen LogP contribution < -0.4 is 9.47 Å². The molecule has 0 spiro atoms. The maximum Gasteiger partial charge on any atom is 0.175 e. The summed E-state index contributed by atoms with van der Waals surface area (Å²) in [5.74, 6) is 1.76. The van der Waals surface area contributed by atoms with Crippen molar-refractivity contribution in [1.29, 1.82) is 0 Å². The second kappa shape index (κ2) is 6.41. The van der Waals surface area contributed by atoms with Gasteiger partial charge >= 0.3 is 0 Å². The number of methoxy groups -OCH3 is 1. The van der Waals surface area contributed by atoms with Crippen molar-refractivity contribution >= 4 is 15.9 Å². The van der Waals surface area contributed by atoms with Gasteiger partial charge in [-0.25, -0.2) is 0 Å². The molecular weight excluding hydrogens is 300 g/mol. The van der Waals surface area contributed by atoms with Crippen molar-refractivity contribution in [2.45, 2.75) is 13.0 Å². The lowest BCUT2D eigenvalue weighted by Gasteiger charge is -2.15. The molecule has 4 nitrogen and oxygen atoms in total. The van der Waals surface area contributed by atoms with E-state index in [0.29, 0.717) is 24.0 Å². The molecular formula is C13H17BrO4. The molecule has 1 aromatic carbocycles. The number of halogens is 1. The molecule has 1 heterocycles. The molecule has 1 aliphatic rings. The summed E-state index contributed by atoms with van der Waals surface area (Å²) in [4.78, 5) is 0. The van der Waals surface area contributed by atoms with Crippen LogP contribution in [-0.2, 0) is 11.3 Å². The van der Waals surface area contributed by atoms with E-state index in [1.165, 1.54) is 0 Å². The first-order valence-corrected chi connectivity index (χ1v) is 6.71. The van der Waals surface area contributed by atoms with Crippen molar-refractivity contribution in [3.8, 4) is 11.5 Å². The van der Waals surface area contributed by atoms with Gasteiger partial charge in [0, 0.05) is 12.5 Å². The minimum absolute atomic E-state index is 0.0221. The molecule has 5 heteroatoms. The Morgan fingerprint density at radius 2 is 2.33 bits per heavy atom. The number of ether oxygens (including phenoxy) is 3. The number of hydrogen-bond donors (Lipinski definition) is 1. The molecule has 0 aliphatic carbocycles. The zero-order valence-electron chi connectivity index (χ0n) is 10.3. The summed E-state index contributed by atoms with van der Waals surface area (Å²) in [6, 6.07) is 3.62. The van der Waals surface area contributed by atoms with Crippen LogP contribution in [0.25, 0.3) is 0 Å². The Kier molecular flexibility index (Phi) is 4.86. The number of benzene rings is 1. The van der Waals surface area contributed by atoms with Gasteiger partial charge in [-0.3, -0.25) is 0 Å². The summed E-state index contributed by atoms with van der Waals surface area (Å²) >= 11 is 3.44. The Balaban J connectivity index is 2.10. The van der Waals surface area contributed by atoms with E-state index in [1.54, 1.807) is 13.2 Å². The Morgan fingerprint density at radius 3 is 2.94 bits per heavy atom. The Bertz CT molecular complexity index is 402. The van der Waals surface area contributed by atoms with Crippen LogP contribution >= 0.6 is 15.9 Å². The van der Waals surface area contributed by atoms with Crippen molar-refractivity contribution < 1.29 is 19.3 Å². The van der Waals surface area contributed by atoms with Gasteiger partial charge in [-0.05, 0) is 40.0 Å². The van der Waals surface area contributed by atoms with Gasteiger partial charge in [0.25, 0.3) is 0 Å². The van der Waals surface area contributed by atoms with Gasteiger partial charge in [-0.1, -0.05) is 0 Å². The highest BCUT2D eigenvalue weighted by atomic mass is 79.9. The molecule has 0 aromatic heterocycles. The molecule has 100 valence electrons. The summed E-state index contributed by atoms with van der Waals surface area (Å²) in [5.41, 5.74) is 0.787. The molecule has 0 amide bonds. The lowest BCUT2D eigenvalue weighted by molar-refractivity contribution is 0.165. The average molecular weight is 317 g/mol. The molecule has 1 aromatic rings. The molecule has 0 radical (unpaired) electrons. The predicted octanol–water partition coefficient (Wildman–Crippen LogP) is 2.37. The first kappa shape index (κ1) is 13.6. The van der Waals surface area contributed by atoms with E-state index in [9.17, 15) is 0 Å². The van der Waals surface area contributed by atoms with Crippen LogP contribution in [0, 0.1) is 5.92 Å². The van der Waals surface area contributed by atoms with E-state index in [1.807, 2.05) is 6.07 Å². The largest absolute Gasteiger partial charge is 0.493 e.